The minimum Gasteiger partial charge on any atom is -0.294 e. The predicted molar refractivity (Wildman–Crippen MR) is 89.4 cm³/mol. The van der Waals surface area contributed by atoms with Crippen molar-refractivity contribution in [3.05, 3.63) is 70.8 Å². The van der Waals surface area contributed by atoms with E-state index in [-0.39, 0.29) is 5.41 Å². The largest absolute Gasteiger partial charge is 0.294 e. The highest BCUT2D eigenvalue weighted by Gasteiger charge is 2.20. The van der Waals surface area contributed by atoms with Gasteiger partial charge in [-0.3, -0.25) is 4.90 Å². The Bertz CT molecular complexity index is 607. The van der Waals surface area contributed by atoms with Crippen LogP contribution in [0.25, 0.3) is 0 Å². The van der Waals surface area contributed by atoms with Crippen LogP contribution in [-0.4, -0.2) is 11.4 Å². The van der Waals surface area contributed by atoms with Crippen LogP contribution in [-0.2, 0) is 24.9 Å². The van der Waals surface area contributed by atoms with Gasteiger partial charge in [0.2, 0.25) is 0 Å². The summed E-state index contributed by atoms with van der Waals surface area (Å²) in [5.74, 6) is 0. The monoisotopic (exact) mass is 279 g/mol. The zero-order valence-corrected chi connectivity index (χ0v) is 13.4. The topological polar surface area (TPSA) is 3.24 Å². The van der Waals surface area contributed by atoms with Crippen molar-refractivity contribution in [1.82, 2.24) is 4.90 Å². The van der Waals surface area contributed by atoms with Crippen LogP contribution in [0.3, 0.4) is 0 Å². The molecule has 1 aliphatic heterocycles. The summed E-state index contributed by atoms with van der Waals surface area (Å²) in [5, 5.41) is 0. The average molecular weight is 279 g/mol. The summed E-state index contributed by atoms with van der Waals surface area (Å²) in [6, 6.07) is 17.9. The number of hydrogen-bond donors (Lipinski definition) is 0. The molecular weight excluding hydrogens is 254 g/mol. The molecule has 2 aromatic rings. The van der Waals surface area contributed by atoms with Gasteiger partial charge in [0.25, 0.3) is 0 Å². The lowest BCUT2D eigenvalue weighted by molar-refractivity contribution is 0.245. The number of rotatable bonds is 2. The van der Waals surface area contributed by atoms with Crippen LogP contribution >= 0.6 is 0 Å². The Morgan fingerprint density at radius 3 is 2.43 bits per heavy atom. The Balaban J connectivity index is 1.74. The first-order valence-electron chi connectivity index (χ1n) is 7.91. The average Bonchev–Trinajstić information content (AvgIpc) is 2.47. The van der Waals surface area contributed by atoms with E-state index in [1.807, 2.05) is 0 Å². The van der Waals surface area contributed by atoms with Gasteiger partial charge in [-0.05, 0) is 34.1 Å². The fraction of sp³-hybridized carbons (Fsp3) is 0.400. The maximum atomic E-state index is 2.55. The van der Waals surface area contributed by atoms with Crippen LogP contribution in [0.15, 0.2) is 48.5 Å². The van der Waals surface area contributed by atoms with Crippen molar-refractivity contribution in [2.45, 2.75) is 45.7 Å². The minimum atomic E-state index is 0.246. The van der Waals surface area contributed by atoms with Gasteiger partial charge in [0.1, 0.15) is 0 Å². The third kappa shape index (κ3) is 3.36. The van der Waals surface area contributed by atoms with Crippen molar-refractivity contribution in [3.8, 4) is 0 Å². The molecule has 1 nitrogen and oxygen atoms in total. The second-order valence-corrected chi connectivity index (χ2v) is 7.18. The van der Waals surface area contributed by atoms with Crippen LogP contribution < -0.4 is 0 Å². The van der Waals surface area contributed by atoms with Gasteiger partial charge in [-0.2, -0.15) is 0 Å². The Hall–Kier alpha value is -1.60. The quantitative estimate of drug-likeness (QED) is 0.780. The van der Waals surface area contributed by atoms with Crippen molar-refractivity contribution >= 4 is 0 Å². The first kappa shape index (κ1) is 14.3. The molecule has 0 bridgehead atoms. The summed E-state index contributed by atoms with van der Waals surface area (Å²) in [5.41, 5.74) is 6.16. The molecule has 1 aliphatic rings. The molecule has 0 radical (unpaired) electrons. The SMILES string of the molecule is CC(C)(C)c1ccc2c(c1)CCN(Cc1ccccc1)C2. The molecule has 3 rings (SSSR count). The highest BCUT2D eigenvalue weighted by molar-refractivity contribution is 5.36. The lowest BCUT2D eigenvalue weighted by atomic mass is 9.84. The molecule has 0 N–H and O–H groups in total. The molecule has 0 fully saturated rings. The molecule has 0 atom stereocenters. The lowest BCUT2D eigenvalue weighted by Gasteiger charge is -2.30. The van der Waals surface area contributed by atoms with Gasteiger partial charge in [0, 0.05) is 19.6 Å². The van der Waals surface area contributed by atoms with Crippen LogP contribution in [0, 0.1) is 0 Å². The maximum Gasteiger partial charge on any atom is 0.0240 e. The molecule has 1 heteroatoms. The highest BCUT2D eigenvalue weighted by atomic mass is 15.1. The summed E-state index contributed by atoms with van der Waals surface area (Å²) < 4.78 is 0. The minimum absolute atomic E-state index is 0.246. The summed E-state index contributed by atoms with van der Waals surface area (Å²) in [6.45, 7) is 10.2. The summed E-state index contributed by atoms with van der Waals surface area (Å²) >= 11 is 0. The molecule has 0 saturated heterocycles. The summed E-state index contributed by atoms with van der Waals surface area (Å²) in [6.07, 6.45) is 1.17. The van der Waals surface area contributed by atoms with Crippen molar-refractivity contribution in [1.29, 1.82) is 0 Å². The molecule has 0 unspecified atom stereocenters. The highest BCUT2D eigenvalue weighted by Crippen LogP contribution is 2.28. The zero-order valence-electron chi connectivity index (χ0n) is 13.4. The normalized spacial score (nSPS) is 15.8. The van der Waals surface area contributed by atoms with E-state index in [9.17, 15) is 0 Å². The number of benzene rings is 2. The Morgan fingerprint density at radius 1 is 0.952 bits per heavy atom. The van der Waals surface area contributed by atoms with Gasteiger partial charge in [-0.25, -0.2) is 0 Å². The van der Waals surface area contributed by atoms with Crippen molar-refractivity contribution < 1.29 is 0 Å². The van der Waals surface area contributed by atoms with Gasteiger partial charge in [0.15, 0.2) is 0 Å². The molecule has 0 aliphatic carbocycles. The standard InChI is InChI=1S/C20H25N/c1-20(2,3)19-10-9-18-15-21(12-11-17(18)13-19)14-16-7-5-4-6-8-16/h4-10,13H,11-12,14-15H2,1-3H3. The smallest absolute Gasteiger partial charge is 0.0240 e. The molecule has 0 spiro atoms. The van der Waals surface area contributed by atoms with Crippen LogP contribution in [0.1, 0.15) is 43.0 Å². The fourth-order valence-electron chi connectivity index (χ4n) is 3.05. The van der Waals surface area contributed by atoms with Gasteiger partial charge in [0.05, 0.1) is 0 Å². The molecule has 0 amide bonds. The molecule has 0 saturated carbocycles. The maximum absolute atomic E-state index is 2.55. The van der Waals surface area contributed by atoms with Gasteiger partial charge >= 0.3 is 0 Å². The van der Waals surface area contributed by atoms with Crippen LogP contribution in [0.2, 0.25) is 0 Å². The molecule has 21 heavy (non-hydrogen) atoms. The molecule has 110 valence electrons. The van der Waals surface area contributed by atoms with E-state index < -0.39 is 0 Å². The fourth-order valence-corrected chi connectivity index (χ4v) is 3.05. The second kappa shape index (κ2) is 5.65. The summed E-state index contributed by atoms with van der Waals surface area (Å²) in [4.78, 5) is 2.55. The van der Waals surface area contributed by atoms with Crippen molar-refractivity contribution in [2.75, 3.05) is 6.54 Å². The van der Waals surface area contributed by atoms with E-state index in [1.165, 1.54) is 23.1 Å². The van der Waals surface area contributed by atoms with Crippen molar-refractivity contribution in [2.24, 2.45) is 0 Å². The Labute approximate surface area is 128 Å². The number of fused-ring (bicyclic) bond motifs is 1. The predicted octanol–water partition coefficient (Wildman–Crippen LogP) is 4.54. The van der Waals surface area contributed by atoms with Crippen LogP contribution in [0.4, 0.5) is 0 Å². The van der Waals surface area contributed by atoms with E-state index in [0.29, 0.717) is 0 Å². The molecular formula is C20H25N. The molecule has 2 aromatic carbocycles. The van der Waals surface area contributed by atoms with Crippen LogP contribution in [0.5, 0.6) is 0 Å². The van der Waals surface area contributed by atoms with E-state index in [2.05, 4.69) is 74.2 Å². The number of nitrogens with zero attached hydrogens (tertiary/aromatic N) is 1. The first-order chi connectivity index (χ1) is 10.0. The van der Waals surface area contributed by atoms with E-state index >= 15 is 0 Å². The molecule has 1 heterocycles. The summed E-state index contributed by atoms with van der Waals surface area (Å²) in [7, 11) is 0. The third-order valence-corrected chi connectivity index (χ3v) is 4.41. The second-order valence-electron chi connectivity index (χ2n) is 7.18. The lowest BCUT2D eigenvalue weighted by Crippen LogP contribution is -2.30. The number of hydrogen-bond acceptors (Lipinski definition) is 1. The Kier molecular flexibility index (Phi) is 3.86. The Morgan fingerprint density at radius 2 is 1.71 bits per heavy atom. The van der Waals surface area contributed by atoms with E-state index in [1.54, 1.807) is 5.56 Å². The van der Waals surface area contributed by atoms with E-state index in [0.717, 1.165) is 19.6 Å². The molecule has 0 aromatic heterocycles. The van der Waals surface area contributed by atoms with E-state index in [4.69, 9.17) is 0 Å². The zero-order chi connectivity index (χ0) is 14.9. The first-order valence-corrected chi connectivity index (χ1v) is 7.91. The van der Waals surface area contributed by atoms with Gasteiger partial charge < -0.3 is 0 Å². The van der Waals surface area contributed by atoms with Gasteiger partial charge in [-0.15, -0.1) is 0 Å². The van der Waals surface area contributed by atoms with Gasteiger partial charge in [-0.1, -0.05) is 69.3 Å². The third-order valence-electron chi connectivity index (χ3n) is 4.41. The van der Waals surface area contributed by atoms with Crippen molar-refractivity contribution in [3.63, 3.8) is 0 Å².